The van der Waals surface area contributed by atoms with Crippen molar-refractivity contribution in [2.45, 2.75) is 212 Å². The zero-order valence-corrected chi connectivity index (χ0v) is 48.3. The van der Waals surface area contributed by atoms with Gasteiger partial charge in [0.05, 0.1) is 0 Å². The highest BCUT2D eigenvalue weighted by Gasteiger charge is 2.42. The van der Waals surface area contributed by atoms with Crippen LogP contribution >= 0.6 is 11.6 Å². The van der Waals surface area contributed by atoms with E-state index in [0.29, 0.717) is 5.02 Å². The highest BCUT2D eigenvalue weighted by atomic mass is 35.5. The maximum atomic E-state index is 7.61. The smallest absolute Gasteiger partial charge is 0.137 e. The van der Waals surface area contributed by atoms with Gasteiger partial charge in [-0.3, -0.25) is 0 Å². The summed E-state index contributed by atoms with van der Waals surface area (Å²) in [5.74, 6) is 0. The molecule has 1 aromatic heterocycles. The summed E-state index contributed by atoms with van der Waals surface area (Å²) >= 11 is 7.61. The summed E-state index contributed by atoms with van der Waals surface area (Å²) in [6.07, 6.45) is 9.29. The second-order valence-electron chi connectivity index (χ2n) is 28.7. The van der Waals surface area contributed by atoms with E-state index in [0.717, 1.165) is 82.8 Å². The third-order valence-electron chi connectivity index (χ3n) is 19.7. The van der Waals surface area contributed by atoms with Gasteiger partial charge in [-0.2, -0.15) is 0 Å². The van der Waals surface area contributed by atoms with Crippen LogP contribution in [0.3, 0.4) is 0 Å². The fraction of sp³-hybridized carbons (Fsp3) is 0.478. The fourth-order valence-electron chi connectivity index (χ4n) is 14.0. The highest BCUT2D eigenvalue weighted by Crippen LogP contribution is 2.55. The Kier molecular flexibility index (Phi) is 11.2. The van der Waals surface area contributed by atoms with Crippen molar-refractivity contribution in [3.63, 3.8) is 0 Å². The zero-order chi connectivity index (χ0) is 52.4. The minimum absolute atomic E-state index is 0.0161. The Morgan fingerprint density at radius 2 is 0.685 bits per heavy atom. The van der Waals surface area contributed by atoms with Gasteiger partial charge < -0.3 is 14.2 Å². The molecule has 4 aliphatic carbocycles. The molecule has 0 atom stereocenters. The van der Waals surface area contributed by atoms with Gasteiger partial charge in [0.2, 0.25) is 0 Å². The summed E-state index contributed by atoms with van der Waals surface area (Å²) in [5, 5.41) is 3.04. The minimum atomic E-state index is 0.0161. The molecular formula is C69H83ClN2O. The number of hydrogen-bond acceptors (Lipinski definition) is 3. The van der Waals surface area contributed by atoms with Gasteiger partial charge in [-0.05, 0) is 224 Å². The Balaban J connectivity index is 1.16. The fourth-order valence-corrected chi connectivity index (χ4v) is 14.3. The molecule has 0 spiro atoms. The molecule has 1 heterocycles. The molecule has 0 fully saturated rings. The third kappa shape index (κ3) is 8.19. The lowest BCUT2D eigenvalue weighted by Gasteiger charge is -2.43. The molecule has 73 heavy (non-hydrogen) atoms. The number of anilines is 6. The molecule has 4 heteroatoms. The van der Waals surface area contributed by atoms with Crippen molar-refractivity contribution in [2.24, 2.45) is 0 Å². The first-order valence-electron chi connectivity index (χ1n) is 27.8. The lowest BCUT2D eigenvalue weighted by molar-refractivity contribution is 0.332. The molecule has 0 radical (unpaired) electrons. The first-order valence-corrected chi connectivity index (χ1v) is 28.2. The number of rotatable bonds is 6. The standard InChI is InChI=1S/C69H83ClN2O/c1-42-32-53-57(68(14,15)30-28-64(53,6)7)40-59(42)72(46-18-21-49-50-39-56-58(41-61(50)73-60(49)38-46)69(16,17)31-29-67(56,12)13)48-34-43(70)33-47(35-48)71(44-19-22-51-54(36-44)65(8,9)26-24-62(51,2)3)45-20-23-52-55(37-45)66(10,11)27-25-63(52,4)5/h18-23,32-41H,24-31H2,1-17H3. The number of halogens is 1. The Bertz CT molecular complexity index is 3320. The van der Waals surface area contributed by atoms with Crippen LogP contribution in [0, 0.1) is 6.92 Å². The van der Waals surface area contributed by atoms with Crippen LogP contribution in [0.4, 0.5) is 34.1 Å². The average Bonchev–Trinajstić information content (AvgIpc) is 3.67. The monoisotopic (exact) mass is 991 g/mol. The minimum Gasteiger partial charge on any atom is -0.456 e. The van der Waals surface area contributed by atoms with E-state index in [-0.39, 0.29) is 43.3 Å². The summed E-state index contributed by atoms with van der Waals surface area (Å²) in [6, 6.07) is 38.1. The number of fused-ring (bicyclic) bond motifs is 7. The predicted octanol–water partition coefficient (Wildman–Crippen LogP) is 20.9. The van der Waals surface area contributed by atoms with E-state index in [2.05, 4.69) is 225 Å². The number of hydrogen-bond donors (Lipinski definition) is 0. The molecule has 3 nitrogen and oxygen atoms in total. The van der Waals surface area contributed by atoms with E-state index in [4.69, 9.17) is 16.0 Å². The number of benzene rings is 6. The van der Waals surface area contributed by atoms with Crippen LogP contribution in [0.1, 0.15) is 212 Å². The Morgan fingerprint density at radius 3 is 1.16 bits per heavy atom. The summed E-state index contributed by atoms with van der Waals surface area (Å²) in [5.41, 5.74) is 21.8. The van der Waals surface area contributed by atoms with Crippen molar-refractivity contribution in [2.75, 3.05) is 9.80 Å². The Labute approximate surface area is 444 Å². The lowest BCUT2D eigenvalue weighted by Crippen LogP contribution is -2.34. The molecule has 0 saturated carbocycles. The number of nitrogens with zero attached hydrogens (tertiary/aromatic N) is 2. The first-order chi connectivity index (χ1) is 33.9. The van der Waals surface area contributed by atoms with Gasteiger partial charge in [0.1, 0.15) is 11.2 Å². The lowest BCUT2D eigenvalue weighted by atomic mass is 9.63. The van der Waals surface area contributed by atoms with Crippen molar-refractivity contribution in [3.8, 4) is 0 Å². The van der Waals surface area contributed by atoms with Gasteiger partial charge in [0.15, 0.2) is 0 Å². The van der Waals surface area contributed by atoms with Crippen LogP contribution in [0.5, 0.6) is 0 Å². The van der Waals surface area contributed by atoms with E-state index in [1.54, 1.807) is 0 Å². The normalized spacial score (nSPS) is 21.2. The van der Waals surface area contributed by atoms with Crippen molar-refractivity contribution in [1.29, 1.82) is 0 Å². The SMILES string of the molecule is Cc1cc2c(cc1N(c1cc(Cl)cc(N(c3ccc4c(c3)C(C)(C)CCC4(C)C)c3ccc4c(c3)C(C)(C)CCC4(C)C)c1)c1ccc3c(c1)oc1cc4c(cc13)C(C)(C)CCC4(C)C)C(C)(C)CCC2(C)C. The van der Waals surface area contributed by atoms with Gasteiger partial charge in [-0.1, -0.05) is 141 Å². The maximum Gasteiger partial charge on any atom is 0.137 e. The van der Waals surface area contributed by atoms with Crippen LogP contribution in [0.15, 0.2) is 101 Å². The van der Waals surface area contributed by atoms with E-state index >= 15 is 0 Å². The third-order valence-corrected chi connectivity index (χ3v) is 19.9. The van der Waals surface area contributed by atoms with E-state index in [1.165, 1.54) is 74.7 Å². The largest absolute Gasteiger partial charge is 0.456 e. The van der Waals surface area contributed by atoms with Gasteiger partial charge in [0.25, 0.3) is 0 Å². The molecule has 7 aromatic rings. The molecule has 4 aliphatic rings. The first kappa shape index (κ1) is 50.2. The molecule has 0 bridgehead atoms. The average molecular weight is 992 g/mol. The molecule has 0 amide bonds. The molecule has 0 unspecified atom stereocenters. The molecule has 6 aromatic carbocycles. The Morgan fingerprint density at radius 1 is 0.329 bits per heavy atom. The molecule has 0 aliphatic heterocycles. The van der Waals surface area contributed by atoms with Crippen molar-refractivity contribution in [1.82, 2.24) is 0 Å². The van der Waals surface area contributed by atoms with Crippen molar-refractivity contribution in [3.05, 3.63) is 152 Å². The summed E-state index contributed by atoms with van der Waals surface area (Å²) in [7, 11) is 0. The predicted molar refractivity (Wildman–Crippen MR) is 314 cm³/mol. The van der Waals surface area contributed by atoms with Crippen LogP contribution in [-0.2, 0) is 43.3 Å². The quantitative estimate of drug-likeness (QED) is 0.166. The summed E-state index contributed by atoms with van der Waals surface area (Å²) in [4.78, 5) is 4.98. The van der Waals surface area contributed by atoms with Crippen LogP contribution in [0.25, 0.3) is 21.9 Å². The second-order valence-corrected chi connectivity index (χ2v) is 29.2. The van der Waals surface area contributed by atoms with Gasteiger partial charge in [-0.25, -0.2) is 0 Å². The molecule has 0 saturated heterocycles. The van der Waals surface area contributed by atoms with Gasteiger partial charge in [-0.15, -0.1) is 0 Å². The molecule has 0 N–H and O–H groups in total. The zero-order valence-electron chi connectivity index (χ0n) is 47.6. The number of aryl methyl sites for hydroxylation is 1. The van der Waals surface area contributed by atoms with Crippen molar-refractivity contribution >= 4 is 67.7 Å². The van der Waals surface area contributed by atoms with Crippen LogP contribution in [0.2, 0.25) is 5.02 Å². The second kappa shape index (κ2) is 16.3. The Hall–Kier alpha value is -4.99. The topological polar surface area (TPSA) is 19.6 Å². The molecule has 11 rings (SSSR count). The van der Waals surface area contributed by atoms with E-state index in [9.17, 15) is 0 Å². The van der Waals surface area contributed by atoms with E-state index < -0.39 is 0 Å². The van der Waals surface area contributed by atoms with Crippen LogP contribution in [-0.4, -0.2) is 0 Å². The maximum absolute atomic E-state index is 7.61. The summed E-state index contributed by atoms with van der Waals surface area (Å²) in [6.45, 7) is 41.1. The van der Waals surface area contributed by atoms with E-state index in [1.807, 2.05) is 0 Å². The summed E-state index contributed by atoms with van der Waals surface area (Å²) < 4.78 is 7.02. The van der Waals surface area contributed by atoms with Gasteiger partial charge in [0, 0.05) is 56.0 Å². The van der Waals surface area contributed by atoms with Crippen molar-refractivity contribution < 1.29 is 4.42 Å². The number of furan rings is 1. The van der Waals surface area contributed by atoms with Gasteiger partial charge >= 0.3 is 0 Å². The van der Waals surface area contributed by atoms with Crippen LogP contribution < -0.4 is 9.80 Å². The highest BCUT2D eigenvalue weighted by molar-refractivity contribution is 6.31. The molecular weight excluding hydrogens is 908 g/mol. The molecule has 382 valence electrons.